The van der Waals surface area contributed by atoms with Crippen LogP contribution in [0, 0.1) is 5.82 Å². The average Bonchev–Trinajstić information content (AvgIpc) is 3.61. The molecule has 1 aromatic heterocycles. The molecular weight excluding hydrogens is 605 g/mol. The molecule has 44 heavy (non-hydrogen) atoms. The standard InChI is InChI=1S/C32H24FN3O6S2/c1-41-24-13-11-19(14-22(24)33)28(38)26-27(18-10-12-23(37)25(15-18)42-2)36(30(40)29(26)39)31-34-35-32(44-31)43-16-20-8-5-7-17-6-3-4-9-21(17)20/h3-15,27,37-38H,16H2,1-2H3. The van der Waals surface area contributed by atoms with Crippen molar-refractivity contribution in [2.45, 2.75) is 16.1 Å². The van der Waals surface area contributed by atoms with E-state index in [1.807, 2.05) is 36.4 Å². The normalized spacial score (nSPS) is 16.1. The lowest BCUT2D eigenvalue weighted by molar-refractivity contribution is -0.132. The number of aliphatic hydroxyl groups excluding tert-OH is 1. The van der Waals surface area contributed by atoms with Crippen LogP contribution in [-0.2, 0) is 15.3 Å². The van der Waals surface area contributed by atoms with Crippen LogP contribution in [-0.4, -0.2) is 46.3 Å². The molecule has 5 aromatic rings. The molecule has 2 N–H and O–H groups in total. The van der Waals surface area contributed by atoms with Crippen molar-refractivity contribution in [1.29, 1.82) is 0 Å². The second kappa shape index (κ2) is 12.0. The van der Waals surface area contributed by atoms with E-state index in [-0.39, 0.29) is 33.5 Å². The number of aliphatic hydroxyl groups is 1. The van der Waals surface area contributed by atoms with Crippen LogP contribution in [0.1, 0.15) is 22.7 Å². The van der Waals surface area contributed by atoms with Crippen molar-refractivity contribution in [3.8, 4) is 17.2 Å². The van der Waals surface area contributed by atoms with Gasteiger partial charge in [-0.15, -0.1) is 10.2 Å². The molecule has 1 atom stereocenters. The number of aromatic hydroxyl groups is 1. The number of Topliss-reactive ketones (excluding diaryl/α,β-unsaturated/α-hetero) is 1. The van der Waals surface area contributed by atoms with Gasteiger partial charge in [0.1, 0.15) is 5.76 Å². The number of ether oxygens (including phenoxy) is 2. The third-order valence-corrected chi connectivity index (χ3v) is 9.33. The predicted molar refractivity (Wildman–Crippen MR) is 166 cm³/mol. The number of anilines is 1. The lowest BCUT2D eigenvalue weighted by atomic mass is 9.95. The van der Waals surface area contributed by atoms with Gasteiger partial charge in [-0.25, -0.2) is 4.39 Å². The number of rotatable bonds is 8. The number of nitrogens with zero attached hydrogens (tertiary/aromatic N) is 3. The zero-order valence-corrected chi connectivity index (χ0v) is 25.0. The van der Waals surface area contributed by atoms with Crippen molar-refractivity contribution >= 4 is 56.5 Å². The van der Waals surface area contributed by atoms with E-state index in [4.69, 9.17) is 9.47 Å². The Morgan fingerprint density at radius 2 is 1.75 bits per heavy atom. The summed E-state index contributed by atoms with van der Waals surface area (Å²) in [5, 5.41) is 32.4. The zero-order valence-electron chi connectivity index (χ0n) is 23.4. The van der Waals surface area contributed by atoms with Gasteiger partial charge in [-0.2, -0.15) is 0 Å². The molecule has 222 valence electrons. The molecule has 0 bridgehead atoms. The number of phenols is 1. The fraction of sp³-hybridized carbons (Fsp3) is 0.125. The molecule has 1 aliphatic rings. The lowest BCUT2D eigenvalue weighted by Gasteiger charge is -2.23. The number of thioether (sulfide) groups is 1. The van der Waals surface area contributed by atoms with Gasteiger partial charge in [-0.3, -0.25) is 14.5 Å². The number of phenolic OH excluding ortho intramolecular Hbond substituents is 1. The Kier molecular flexibility index (Phi) is 7.93. The summed E-state index contributed by atoms with van der Waals surface area (Å²) in [7, 11) is 2.67. The van der Waals surface area contributed by atoms with E-state index in [0.29, 0.717) is 15.7 Å². The quantitative estimate of drug-likeness (QED) is 0.0654. The number of carbonyl (C=O) groups excluding carboxylic acids is 2. The Balaban J connectivity index is 1.40. The minimum Gasteiger partial charge on any atom is -0.507 e. The maximum Gasteiger partial charge on any atom is 0.301 e. The summed E-state index contributed by atoms with van der Waals surface area (Å²) < 4.78 is 25.4. The predicted octanol–water partition coefficient (Wildman–Crippen LogP) is 6.47. The van der Waals surface area contributed by atoms with Crippen LogP contribution in [0.4, 0.5) is 9.52 Å². The third kappa shape index (κ3) is 5.22. The van der Waals surface area contributed by atoms with Crippen molar-refractivity contribution in [2.75, 3.05) is 19.1 Å². The van der Waals surface area contributed by atoms with E-state index in [2.05, 4.69) is 16.3 Å². The molecule has 6 rings (SSSR count). The van der Waals surface area contributed by atoms with Crippen molar-refractivity contribution in [3.63, 3.8) is 0 Å². The molecular formula is C32H24FN3O6S2. The van der Waals surface area contributed by atoms with Gasteiger partial charge in [0.15, 0.2) is 27.4 Å². The highest BCUT2D eigenvalue weighted by atomic mass is 32.2. The molecule has 0 saturated carbocycles. The van der Waals surface area contributed by atoms with Crippen LogP contribution in [0.5, 0.6) is 17.2 Å². The summed E-state index contributed by atoms with van der Waals surface area (Å²) in [6.45, 7) is 0. The number of hydrogen-bond donors (Lipinski definition) is 2. The number of fused-ring (bicyclic) bond motifs is 1. The molecule has 1 fully saturated rings. The Morgan fingerprint density at radius 1 is 0.977 bits per heavy atom. The van der Waals surface area contributed by atoms with E-state index >= 15 is 0 Å². The summed E-state index contributed by atoms with van der Waals surface area (Å²) in [6.07, 6.45) is 0. The fourth-order valence-corrected chi connectivity index (χ4v) is 6.97. The first-order chi connectivity index (χ1) is 21.3. The van der Waals surface area contributed by atoms with Gasteiger partial charge >= 0.3 is 5.91 Å². The second-order valence-corrected chi connectivity index (χ2v) is 11.9. The number of aromatic nitrogens is 2. The van der Waals surface area contributed by atoms with Crippen molar-refractivity contribution in [2.24, 2.45) is 0 Å². The molecule has 1 amide bonds. The highest BCUT2D eigenvalue weighted by molar-refractivity contribution is 8.00. The molecule has 0 spiro atoms. The Hall–Kier alpha value is -4.94. The van der Waals surface area contributed by atoms with Crippen LogP contribution < -0.4 is 14.4 Å². The molecule has 0 radical (unpaired) electrons. The van der Waals surface area contributed by atoms with E-state index in [9.17, 15) is 24.2 Å². The molecule has 9 nitrogen and oxygen atoms in total. The molecule has 0 aliphatic carbocycles. The highest BCUT2D eigenvalue weighted by Crippen LogP contribution is 2.45. The number of hydrogen-bond acceptors (Lipinski definition) is 10. The first-order valence-electron chi connectivity index (χ1n) is 13.3. The van der Waals surface area contributed by atoms with Gasteiger partial charge in [-0.1, -0.05) is 71.6 Å². The van der Waals surface area contributed by atoms with E-state index < -0.39 is 29.3 Å². The van der Waals surface area contributed by atoms with Gasteiger partial charge in [-0.05, 0) is 52.2 Å². The minimum absolute atomic E-state index is 0.0272. The fourth-order valence-electron chi connectivity index (χ4n) is 5.09. The van der Waals surface area contributed by atoms with Gasteiger partial charge in [0, 0.05) is 11.3 Å². The summed E-state index contributed by atoms with van der Waals surface area (Å²) in [4.78, 5) is 28.2. The molecule has 1 aliphatic heterocycles. The summed E-state index contributed by atoms with van der Waals surface area (Å²) in [6, 6.07) is 21.0. The van der Waals surface area contributed by atoms with Crippen LogP contribution in [0.15, 0.2) is 88.8 Å². The third-order valence-electron chi connectivity index (χ3n) is 7.22. The van der Waals surface area contributed by atoms with Crippen LogP contribution in [0.25, 0.3) is 16.5 Å². The van der Waals surface area contributed by atoms with Crippen LogP contribution in [0.2, 0.25) is 0 Å². The number of carbonyl (C=O) groups is 2. The molecule has 2 heterocycles. The maximum absolute atomic E-state index is 14.6. The molecule has 1 unspecified atom stereocenters. The smallest absolute Gasteiger partial charge is 0.301 e. The summed E-state index contributed by atoms with van der Waals surface area (Å²) in [5.41, 5.74) is 1.14. The van der Waals surface area contributed by atoms with Gasteiger partial charge in [0.2, 0.25) is 5.13 Å². The molecule has 1 saturated heterocycles. The Morgan fingerprint density at radius 3 is 2.52 bits per heavy atom. The summed E-state index contributed by atoms with van der Waals surface area (Å²) >= 11 is 2.56. The Bertz CT molecular complexity index is 1950. The van der Waals surface area contributed by atoms with E-state index in [1.54, 1.807) is 0 Å². The topological polar surface area (TPSA) is 122 Å². The zero-order chi connectivity index (χ0) is 31.0. The SMILES string of the molecule is COc1cc(C2C(=C(O)c3ccc(OC)c(F)c3)C(=O)C(=O)N2c2nnc(SCc3cccc4ccccc34)s2)ccc1O. The number of ketones is 1. The number of amides is 1. The summed E-state index contributed by atoms with van der Waals surface area (Å²) in [5.74, 6) is -2.80. The van der Waals surface area contributed by atoms with Crippen LogP contribution in [0.3, 0.4) is 0 Å². The monoisotopic (exact) mass is 629 g/mol. The number of halogens is 1. The van der Waals surface area contributed by atoms with Gasteiger partial charge in [0.05, 0.1) is 25.8 Å². The van der Waals surface area contributed by atoms with E-state index in [1.165, 1.54) is 56.3 Å². The first-order valence-corrected chi connectivity index (χ1v) is 15.1. The largest absolute Gasteiger partial charge is 0.507 e. The van der Waals surface area contributed by atoms with Gasteiger partial charge in [0.25, 0.3) is 5.78 Å². The van der Waals surface area contributed by atoms with Crippen molar-refractivity contribution in [3.05, 3.63) is 107 Å². The second-order valence-electron chi connectivity index (χ2n) is 9.73. The van der Waals surface area contributed by atoms with Crippen molar-refractivity contribution < 1.29 is 33.7 Å². The molecule has 12 heteroatoms. The van der Waals surface area contributed by atoms with E-state index in [0.717, 1.165) is 38.6 Å². The highest BCUT2D eigenvalue weighted by Gasteiger charge is 2.48. The number of benzene rings is 4. The molecule has 4 aromatic carbocycles. The lowest BCUT2D eigenvalue weighted by Crippen LogP contribution is -2.29. The van der Waals surface area contributed by atoms with Crippen LogP contribution >= 0.6 is 23.1 Å². The number of methoxy groups -OCH3 is 2. The maximum atomic E-state index is 14.6. The Labute approximate surface area is 259 Å². The van der Waals surface area contributed by atoms with Gasteiger partial charge < -0.3 is 19.7 Å². The minimum atomic E-state index is -1.18. The van der Waals surface area contributed by atoms with Crippen molar-refractivity contribution in [1.82, 2.24) is 10.2 Å². The first kappa shape index (κ1) is 29.1. The average molecular weight is 630 g/mol.